The molecule has 10 heteroatoms. The van der Waals surface area contributed by atoms with Crippen LogP contribution < -0.4 is 33.8 Å². The molecular formula is C35H36N2O7S. The van der Waals surface area contributed by atoms with E-state index in [0.717, 1.165) is 22.4 Å². The van der Waals surface area contributed by atoms with Crippen molar-refractivity contribution in [3.8, 4) is 23.0 Å². The molecule has 3 aromatic carbocycles. The molecule has 1 aliphatic heterocycles. The van der Waals surface area contributed by atoms with Gasteiger partial charge in [0.2, 0.25) is 0 Å². The first kappa shape index (κ1) is 31.6. The van der Waals surface area contributed by atoms with Crippen molar-refractivity contribution in [1.29, 1.82) is 0 Å². The molecule has 0 unspecified atom stereocenters. The SMILES string of the molecule is CCOC(=O)C1=C(C)N=c2s/c(=C\c3ccc(OCc4cc(OC)ccc4OC)cc3)c(=O)n2[C@H]1c1ccc(OC(C)C)cc1. The molecule has 0 amide bonds. The highest BCUT2D eigenvalue weighted by Gasteiger charge is 2.33. The number of nitrogens with zero attached hydrogens (tertiary/aromatic N) is 2. The van der Waals surface area contributed by atoms with Crippen LogP contribution in [0.25, 0.3) is 6.08 Å². The number of hydrogen-bond acceptors (Lipinski definition) is 9. The summed E-state index contributed by atoms with van der Waals surface area (Å²) in [6.45, 7) is 7.94. The summed E-state index contributed by atoms with van der Waals surface area (Å²) in [5, 5.41) is 0. The summed E-state index contributed by atoms with van der Waals surface area (Å²) >= 11 is 1.28. The normalized spacial score (nSPS) is 14.6. The van der Waals surface area contributed by atoms with E-state index in [1.54, 1.807) is 32.6 Å². The standard InChI is InChI=1S/C35H36N2O7S/c1-7-42-34(39)31-22(4)36-35-37(32(31)24-10-14-27(15-11-24)44-21(2)3)33(38)30(45-35)18-23-8-12-26(13-9-23)43-20-25-19-28(40-5)16-17-29(25)41-6/h8-19,21,32H,7,20H2,1-6H3/b30-18-/t32-/m0/s1. The van der Waals surface area contributed by atoms with Crippen LogP contribution in [0.15, 0.2) is 87.8 Å². The molecule has 0 spiro atoms. The monoisotopic (exact) mass is 628 g/mol. The number of ether oxygens (including phenoxy) is 5. The van der Waals surface area contributed by atoms with Crippen LogP contribution in [0.2, 0.25) is 0 Å². The van der Waals surface area contributed by atoms with Crippen molar-refractivity contribution in [2.24, 2.45) is 4.99 Å². The average molecular weight is 629 g/mol. The summed E-state index contributed by atoms with van der Waals surface area (Å²) in [4.78, 5) is 32.2. The summed E-state index contributed by atoms with van der Waals surface area (Å²) in [7, 11) is 3.23. The second-order valence-electron chi connectivity index (χ2n) is 10.6. The Kier molecular flexibility index (Phi) is 9.73. The van der Waals surface area contributed by atoms with Crippen LogP contribution in [0.3, 0.4) is 0 Å². The van der Waals surface area contributed by atoms with E-state index < -0.39 is 12.0 Å². The summed E-state index contributed by atoms with van der Waals surface area (Å²) < 4.78 is 30.0. The first-order valence-electron chi connectivity index (χ1n) is 14.6. The Morgan fingerprint density at radius 2 is 1.67 bits per heavy atom. The number of carbonyl (C=O) groups excluding carboxylic acids is 1. The summed E-state index contributed by atoms with van der Waals surface area (Å²) in [6.07, 6.45) is 1.83. The molecule has 2 heterocycles. The van der Waals surface area contributed by atoms with Gasteiger partial charge in [-0.1, -0.05) is 35.6 Å². The number of aromatic nitrogens is 1. The maximum atomic E-state index is 13.9. The number of benzene rings is 3. The molecule has 45 heavy (non-hydrogen) atoms. The van der Waals surface area contributed by atoms with Gasteiger partial charge < -0.3 is 23.7 Å². The van der Waals surface area contributed by atoms with Crippen LogP contribution >= 0.6 is 11.3 Å². The van der Waals surface area contributed by atoms with E-state index >= 15 is 0 Å². The maximum Gasteiger partial charge on any atom is 0.338 e. The van der Waals surface area contributed by atoms with Crippen LogP contribution in [-0.2, 0) is 16.1 Å². The zero-order chi connectivity index (χ0) is 32.1. The number of thiazole rings is 1. The topological polar surface area (TPSA) is 97.6 Å². The predicted octanol–water partition coefficient (Wildman–Crippen LogP) is 5.18. The third kappa shape index (κ3) is 6.96. The zero-order valence-corrected chi connectivity index (χ0v) is 27.0. The van der Waals surface area contributed by atoms with Gasteiger partial charge in [0.1, 0.15) is 29.6 Å². The molecule has 1 atom stereocenters. The van der Waals surface area contributed by atoms with E-state index in [0.29, 0.717) is 44.5 Å². The van der Waals surface area contributed by atoms with Gasteiger partial charge >= 0.3 is 5.97 Å². The fraction of sp³-hybridized carbons (Fsp3) is 0.286. The molecule has 234 valence electrons. The molecule has 0 N–H and O–H groups in total. The Labute approximate surface area is 265 Å². The van der Waals surface area contributed by atoms with Gasteiger partial charge in [0, 0.05) is 5.56 Å². The maximum absolute atomic E-state index is 13.9. The third-order valence-electron chi connectivity index (χ3n) is 7.14. The highest BCUT2D eigenvalue weighted by molar-refractivity contribution is 7.07. The lowest BCUT2D eigenvalue weighted by atomic mass is 9.96. The van der Waals surface area contributed by atoms with E-state index in [9.17, 15) is 9.59 Å². The van der Waals surface area contributed by atoms with Gasteiger partial charge in [-0.05, 0) is 87.4 Å². The van der Waals surface area contributed by atoms with E-state index in [1.165, 1.54) is 11.3 Å². The number of hydrogen-bond donors (Lipinski definition) is 0. The van der Waals surface area contributed by atoms with Crippen LogP contribution in [0.1, 0.15) is 50.4 Å². The van der Waals surface area contributed by atoms with Gasteiger partial charge in [-0.2, -0.15) is 0 Å². The molecule has 1 aliphatic rings. The van der Waals surface area contributed by atoms with Gasteiger partial charge in [-0.3, -0.25) is 9.36 Å². The fourth-order valence-electron chi connectivity index (χ4n) is 5.08. The average Bonchev–Trinajstić information content (AvgIpc) is 3.33. The fourth-order valence-corrected chi connectivity index (χ4v) is 6.12. The molecule has 0 aliphatic carbocycles. The highest BCUT2D eigenvalue weighted by atomic mass is 32.1. The zero-order valence-electron chi connectivity index (χ0n) is 26.2. The molecule has 0 radical (unpaired) electrons. The molecule has 9 nitrogen and oxygen atoms in total. The second-order valence-corrected chi connectivity index (χ2v) is 11.6. The van der Waals surface area contributed by atoms with Gasteiger partial charge in [0.15, 0.2) is 4.80 Å². The molecule has 4 aromatic rings. The molecule has 0 saturated heterocycles. The minimum Gasteiger partial charge on any atom is -0.497 e. The van der Waals surface area contributed by atoms with Crippen molar-refractivity contribution in [2.45, 2.75) is 46.4 Å². The largest absolute Gasteiger partial charge is 0.497 e. The first-order chi connectivity index (χ1) is 21.7. The summed E-state index contributed by atoms with van der Waals surface area (Å²) in [5.41, 5.74) is 3.04. The summed E-state index contributed by atoms with van der Waals surface area (Å²) in [6, 6.07) is 19.8. The van der Waals surface area contributed by atoms with Crippen molar-refractivity contribution in [2.75, 3.05) is 20.8 Å². The quantitative estimate of drug-likeness (QED) is 0.211. The Balaban J connectivity index is 1.46. The minimum atomic E-state index is -0.695. The number of fused-ring (bicyclic) bond motifs is 1. The lowest BCUT2D eigenvalue weighted by molar-refractivity contribution is -0.139. The van der Waals surface area contributed by atoms with Crippen LogP contribution in [0.4, 0.5) is 0 Å². The Morgan fingerprint density at radius 1 is 0.978 bits per heavy atom. The van der Waals surface area contributed by atoms with Crippen molar-refractivity contribution in [3.05, 3.63) is 114 Å². The smallest absolute Gasteiger partial charge is 0.338 e. The minimum absolute atomic E-state index is 0.0165. The van der Waals surface area contributed by atoms with Crippen molar-refractivity contribution in [1.82, 2.24) is 4.57 Å². The number of methoxy groups -OCH3 is 2. The van der Waals surface area contributed by atoms with Crippen LogP contribution in [0, 0.1) is 0 Å². The predicted molar refractivity (Wildman–Crippen MR) is 173 cm³/mol. The van der Waals surface area contributed by atoms with Crippen molar-refractivity contribution < 1.29 is 28.5 Å². The molecule has 0 saturated carbocycles. The third-order valence-corrected chi connectivity index (χ3v) is 8.13. The molecule has 1 aromatic heterocycles. The highest BCUT2D eigenvalue weighted by Crippen LogP contribution is 2.32. The van der Waals surface area contributed by atoms with Crippen LogP contribution in [0.5, 0.6) is 23.0 Å². The van der Waals surface area contributed by atoms with Crippen LogP contribution in [-0.4, -0.2) is 37.5 Å². The Bertz CT molecular complexity index is 1890. The Hall–Kier alpha value is -4.83. The van der Waals surface area contributed by atoms with Gasteiger partial charge in [0.25, 0.3) is 5.56 Å². The molecule has 5 rings (SSSR count). The van der Waals surface area contributed by atoms with Gasteiger partial charge in [0.05, 0.1) is 48.8 Å². The van der Waals surface area contributed by atoms with E-state index in [4.69, 9.17) is 23.7 Å². The number of esters is 1. The van der Waals surface area contributed by atoms with E-state index in [2.05, 4.69) is 4.99 Å². The van der Waals surface area contributed by atoms with Crippen molar-refractivity contribution in [3.63, 3.8) is 0 Å². The van der Waals surface area contributed by atoms with E-state index in [1.807, 2.05) is 86.7 Å². The number of allylic oxidation sites excluding steroid dienone is 1. The molecular weight excluding hydrogens is 592 g/mol. The van der Waals surface area contributed by atoms with Gasteiger partial charge in [-0.15, -0.1) is 0 Å². The number of rotatable bonds is 11. The van der Waals surface area contributed by atoms with Gasteiger partial charge in [-0.25, -0.2) is 9.79 Å². The van der Waals surface area contributed by atoms with E-state index in [-0.39, 0.29) is 18.3 Å². The Morgan fingerprint density at radius 3 is 2.31 bits per heavy atom. The number of carbonyl (C=O) groups is 1. The van der Waals surface area contributed by atoms with Crippen molar-refractivity contribution >= 4 is 23.4 Å². The summed E-state index contributed by atoms with van der Waals surface area (Å²) in [5.74, 6) is 2.30. The first-order valence-corrected chi connectivity index (χ1v) is 15.4. The molecule has 0 bridgehead atoms. The lowest BCUT2D eigenvalue weighted by Crippen LogP contribution is -2.39. The molecule has 0 fully saturated rings. The lowest BCUT2D eigenvalue weighted by Gasteiger charge is -2.25. The second kappa shape index (κ2) is 13.9.